The second-order valence-corrected chi connectivity index (χ2v) is 5.41. The summed E-state index contributed by atoms with van der Waals surface area (Å²) in [6, 6.07) is 0. The number of hydrogen-bond donors (Lipinski definition) is 1. The van der Waals surface area contributed by atoms with Gasteiger partial charge in [-0.15, -0.1) is 0 Å². The molecule has 0 aliphatic rings. The molecular formula is C17H31NO3. The molecule has 122 valence electrons. The third kappa shape index (κ3) is 12.2. The molecule has 1 amide bonds. The zero-order valence-electron chi connectivity index (χ0n) is 13.6. The number of carbonyl (C=O) groups excluding carboxylic acids is 1. The van der Waals surface area contributed by atoms with Gasteiger partial charge in [0, 0.05) is 13.0 Å². The summed E-state index contributed by atoms with van der Waals surface area (Å²) in [6.45, 7) is 4.57. The Bertz CT molecular complexity index is 313. The molecule has 0 saturated carbocycles. The Morgan fingerprint density at radius 1 is 0.952 bits per heavy atom. The van der Waals surface area contributed by atoms with Gasteiger partial charge in [-0.05, 0) is 12.8 Å². The molecule has 0 fully saturated rings. The predicted octanol–water partition coefficient (Wildman–Crippen LogP) is 4.01. The molecule has 0 aliphatic heterocycles. The van der Waals surface area contributed by atoms with E-state index in [1.165, 1.54) is 37.0 Å². The standard InChI is InChI=1S/C17H31NO3/c1-3-5-7-8-9-10-12-14-18(15-17(20)21)16(19)13-11-6-4-2/h6,11H,3-5,7-10,12-15H2,1-2H3,(H,20,21)/b11-6+. The molecule has 1 N–H and O–H groups in total. The zero-order valence-corrected chi connectivity index (χ0v) is 13.6. The number of carboxylic acid groups (broad SMARTS) is 1. The summed E-state index contributed by atoms with van der Waals surface area (Å²) in [5, 5.41) is 8.89. The van der Waals surface area contributed by atoms with Crippen molar-refractivity contribution in [3.63, 3.8) is 0 Å². The minimum absolute atomic E-state index is 0.0897. The SMILES string of the molecule is CC/C=C/CC(=O)N(CCCCCCCCC)CC(=O)O. The number of hydrogen-bond acceptors (Lipinski definition) is 2. The van der Waals surface area contributed by atoms with Gasteiger partial charge in [-0.25, -0.2) is 0 Å². The van der Waals surface area contributed by atoms with Crippen molar-refractivity contribution in [2.75, 3.05) is 13.1 Å². The summed E-state index contributed by atoms with van der Waals surface area (Å²) < 4.78 is 0. The van der Waals surface area contributed by atoms with Crippen LogP contribution >= 0.6 is 0 Å². The molecule has 0 atom stereocenters. The molecule has 21 heavy (non-hydrogen) atoms. The van der Waals surface area contributed by atoms with Crippen LogP contribution in [0.1, 0.15) is 71.6 Å². The lowest BCUT2D eigenvalue weighted by molar-refractivity contribution is -0.144. The summed E-state index contributed by atoms with van der Waals surface area (Å²) >= 11 is 0. The van der Waals surface area contributed by atoms with Crippen LogP contribution in [0.15, 0.2) is 12.2 Å². The van der Waals surface area contributed by atoms with Crippen LogP contribution in [0.5, 0.6) is 0 Å². The van der Waals surface area contributed by atoms with Gasteiger partial charge in [-0.2, -0.15) is 0 Å². The Morgan fingerprint density at radius 3 is 2.14 bits per heavy atom. The van der Waals surface area contributed by atoms with Crippen molar-refractivity contribution in [2.45, 2.75) is 71.6 Å². The molecule has 0 radical (unpaired) electrons. The second-order valence-electron chi connectivity index (χ2n) is 5.41. The van der Waals surface area contributed by atoms with E-state index in [1.54, 1.807) is 0 Å². The van der Waals surface area contributed by atoms with Crippen LogP contribution in [0.2, 0.25) is 0 Å². The van der Waals surface area contributed by atoms with Gasteiger partial charge in [0.05, 0.1) is 0 Å². The van der Waals surface area contributed by atoms with E-state index in [-0.39, 0.29) is 12.5 Å². The second kappa shape index (κ2) is 13.7. The van der Waals surface area contributed by atoms with Crippen LogP contribution in [0, 0.1) is 0 Å². The summed E-state index contributed by atoms with van der Waals surface area (Å²) in [4.78, 5) is 24.3. The lowest BCUT2D eigenvalue weighted by atomic mass is 10.1. The molecule has 0 bridgehead atoms. The highest BCUT2D eigenvalue weighted by atomic mass is 16.4. The van der Waals surface area contributed by atoms with E-state index < -0.39 is 5.97 Å². The number of aliphatic carboxylic acids is 1. The molecule has 0 aromatic rings. The minimum Gasteiger partial charge on any atom is -0.480 e. The van der Waals surface area contributed by atoms with Crippen LogP contribution < -0.4 is 0 Å². The van der Waals surface area contributed by atoms with Gasteiger partial charge in [-0.3, -0.25) is 9.59 Å². The quantitative estimate of drug-likeness (QED) is 0.413. The first-order valence-corrected chi connectivity index (χ1v) is 8.26. The highest BCUT2D eigenvalue weighted by Gasteiger charge is 2.14. The highest BCUT2D eigenvalue weighted by Crippen LogP contribution is 2.08. The summed E-state index contributed by atoms with van der Waals surface area (Å²) in [5.41, 5.74) is 0. The fraction of sp³-hybridized carbons (Fsp3) is 0.765. The van der Waals surface area contributed by atoms with E-state index in [9.17, 15) is 9.59 Å². The fourth-order valence-corrected chi connectivity index (χ4v) is 2.19. The number of allylic oxidation sites excluding steroid dienone is 1. The number of carbonyl (C=O) groups is 2. The first-order valence-electron chi connectivity index (χ1n) is 8.26. The van der Waals surface area contributed by atoms with Crippen molar-refractivity contribution in [1.29, 1.82) is 0 Å². The largest absolute Gasteiger partial charge is 0.480 e. The summed E-state index contributed by atoms with van der Waals surface area (Å²) in [7, 11) is 0. The van der Waals surface area contributed by atoms with Gasteiger partial charge in [-0.1, -0.05) is 64.5 Å². The third-order valence-corrected chi connectivity index (χ3v) is 3.41. The van der Waals surface area contributed by atoms with Gasteiger partial charge in [0.15, 0.2) is 0 Å². The average molecular weight is 297 g/mol. The Kier molecular flexibility index (Phi) is 12.8. The van der Waals surface area contributed by atoms with Crippen LogP contribution in [-0.4, -0.2) is 35.0 Å². The maximum Gasteiger partial charge on any atom is 0.323 e. The van der Waals surface area contributed by atoms with Crippen molar-refractivity contribution in [1.82, 2.24) is 4.90 Å². The lowest BCUT2D eigenvalue weighted by Crippen LogP contribution is -2.36. The van der Waals surface area contributed by atoms with Crippen LogP contribution in [-0.2, 0) is 9.59 Å². The molecule has 0 aromatic carbocycles. The van der Waals surface area contributed by atoms with Crippen molar-refractivity contribution in [3.05, 3.63) is 12.2 Å². The zero-order chi connectivity index (χ0) is 15.9. The molecule has 0 saturated heterocycles. The Balaban J connectivity index is 3.98. The fourth-order valence-electron chi connectivity index (χ4n) is 2.19. The molecule has 0 heterocycles. The highest BCUT2D eigenvalue weighted by molar-refractivity contribution is 5.82. The Morgan fingerprint density at radius 2 is 1.57 bits per heavy atom. The van der Waals surface area contributed by atoms with E-state index in [0.29, 0.717) is 13.0 Å². The van der Waals surface area contributed by atoms with Gasteiger partial charge in [0.1, 0.15) is 6.54 Å². The maximum absolute atomic E-state index is 12.0. The van der Waals surface area contributed by atoms with Gasteiger partial charge in [0.25, 0.3) is 0 Å². The van der Waals surface area contributed by atoms with Crippen LogP contribution in [0.3, 0.4) is 0 Å². The molecule has 0 rings (SSSR count). The van der Waals surface area contributed by atoms with Crippen molar-refractivity contribution < 1.29 is 14.7 Å². The number of unbranched alkanes of at least 4 members (excludes halogenated alkanes) is 6. The molecule has 0 aromatic heterocycles. The number of amides is 1. The molecule has 4 heteroatoms. The van der Waals surface area contributed by atoms with E-state index >= 15 is 0 Å². The Hall–Kier alpha value is -1.32. The summed E-state index contributed by atoms with van der Waals surface area (Å²) in [5.74, 6) is -1.03. The van der Waals surface area contributed by atoms with E-state index in [4.69, 9.17) is 5.11 Å². The van der Waals surface area contributed by atoms with Crippen LogP contribution in [0.4, 0.5) is 0 Å². The molecular weight excluding hydrogens is 266 g/mol. The number of nitrogens with zero attached hydrogens (tertiary/aromatic N) is 1. The van der Waals surface area contributed by atoms with Gasteiger partial charge in [0.2, 0.25) is 5.91 Å². The van der Waals surface area contributed by atoms with E-state index in [2.05, 4.69) is 6.92 Å². The first kappa shape index (κ1) is 19.7. The average Bonchev–Trinajstić information content (AvgIpc) is 2.44. The lowest BCUT2D eigenvalue weighted by Gasteiger charge is -2.20. The maximum atomic E-state index is 12.0. The van der Waals surface area contributed by atoms with Crippen LogP contribution in [0.25, 0.3) is 0 Å². The van der Waals surface area contributed by atoms with E-state index in [0.717, 1.165) is 19.3 Å². The number of carboxylic acids is 1. The molecule has 0 spiro atoms. The Labute approximate surface area is 129 Å². The molecule has 4 nitrogen and oxygen atoms in total. The molecule has 0 unspecified atom stereocenters. The summed E-state index contributed by atoms with van der Waals surface area (Å²) in [6.07, 6.45) is 13.1. The van der Waals surface area contributed by atoms with Crippen molar-refractivity contribution in [2.24, 2.45) is 0 Å². The van der Waals surface area contributed by atoms with Crippen molar-refractivity contribution in [3.8, 4) is 0 Å². The normalized spacial score (nSPS) is 11.0. The van der Waals surface area contributed by atoms with E-state index in [1.807, 2.05) is 19.1 Å². The number of rotatable bonds is 13. The third-order valence-electron chi connectivity index (χ3n) is 3.41. The first-order chi connectivity index (χ1) is 10.1. The van der Waals surface area contributed by atoms with Gasteiger partial charge >= 0.3 is 5.97 Å². The minimum atomic E-state index is -0.939. The smallest absolute Gasteiger partial charge is 0.323 e. The van der Waals surface area contributed by atoms with Gasteiger partial charge < -0.3 is 10.0 Å². The molecule has 0 aliphatic carbocycles. The monoisotopic (exact) mass is 297 g/mol. The van der Waals surface area contributed by atoms with Crippen molar-refractivity contribution >= 4 is 11.9 Å². The topological polar surface area (TPSA) is 57.6 Å². The predicted molar refractivity (Wildman–Crippen MR) is 86.3 cm³/mol.